The number of unbranched alkanes of at least 4 members (excludes halogenated alkanes) is 1. The summed E-state index contributed by atoms with van der Waals surface area (Å²) in [4.78, 5) is 26.5. The lowest BCUT2D eigenvalue weighted by atomic mass is 10.0. The monoisotopic (exact) mass is 372 g/mol. The predicted octanol–water partition coefficient (Wildman–Crippen LogP) is 3.35. The van der Waals surface area contributed by atoms with Gasteiger partial charge < -0.3 is 20.9 Å². The summed E-state index contributed by atoms with van der Waals surface area (Å²) in [5.74, 6) is -0.0599. The molecule has 148 valence electrons. The quantitative estimate of drug-likeness (QED) is 0.613. The molecule has 1 unspecified atom stereocenters. The van der Waals surface area contributed by atoms with E-state index in [0.717, 1.165) is 32.2 Å². The molecule has 0 bridgehead atoms. The average Bonchev–Trinajstić information content (AvgIpc) is 3.47. The Hall–Kier alpha value is -2.08. The summed E-state index contributed by atoms with van der Waals surface area (Å²) in [5.41, 5.74) is 1.31. The fourth-order valence-corrected chi connectivity index (χ4v) is 3.52. The molecule has 0 radical (unpaired) electrons. The largest absolute Gasteiger partial charge is 0.352 e. The molecule has 6 heteroatoms. The number of anilines is 1. The van der Waals surface area contributed by atoms with Crippen LogP contribution in [0.4, 0.5) is 10.5 Å². The zero-order valence-electron chi connectivity index (χ0n) is 16.3. The van der Waals surface area contributed by atoms with Crippen LogP contribution in [0.15, 0.2) is 24.3 Å². The van der Waals surface area contributed by atoms with E-state index >= 15 is 0 Å². The Kier molecular flexibility index (Phi) is 7.10. The van der Waals surface area contributed by atoms with Crippen molar-refractivity contribution in [3.8, 4) is 0 Å². The molecular formula is C21H32N4O2. The molecule has 27 heavy (non-hydrogen) atoms. The minimum absolute atomic E-state index is 0.0599. The number of urea groups is 1. The van der Waals surface area contributed by atoms with Gasteiger partial charge in [0.15, 0.2) is 0 Å². The summed E-state index contributed by atoms with van der Waals surface area (Å²) in [7, 11) is 0. The molecule has 6 nitrogen and oxygen atoms in total. The van der Waals surface area contributed by atoms with Gasteiger partial charge in [0.1, 0.15) is 0 Å². The van der Waals surface area contributed by atoms with Crippen molar-refractivity contribution in [2.24, 2.45) is 0 Å². The molecule has 1 aromatic rings. The summed E-state index contributed by atoms with van der Waals surface area (Å²) in [6.07, 6.45) is 8.21. The highest BCUT2D eigenvalue weighted by Gasteiger charge is 2.23. The predicted molar refractivity (Wildman–Crippen MR) is 108 cm³/mol. The number of nitrogens with one attached hydrogen (secondary N) is 3. The average molecular weight is 373 g/mol. The van der Waals surface area contributed by atoms with E-state index < -0.39 is 0 Å². The van der Waals surface area contributed by atoms with Gasteiger partial charge in [-0.05, 0) is 82.8 Å². The van der Waals surface area contributed by atoms with Crippen molar-refractivity contribution in [2.75, 3.05) is 25.0 Å². The minimum Gasteiger partial charge on any atom is -0.352 e. The van der Waals surface area contributed by atoms with Crippen molar-refractivity contribution in [1.29, 1.82) is 0 Å². The molecule has 3 rings (SSSR count). The number of nitrogens with zero attached hydrogens (tertiary/aromatic N) is 1. The number of hydrogen-bond acceptors (Lipinski definition) is 3. The first kappa shape index (κ1) is 19.7. The number of hydrogen-bond donors (Lipinski definition) is 3. The van der Waals surface area contributed by atoms with Crippen LogP contribution in [0.1, 0.15) is 62.2 Å². The minimum atomic E-state index is -0.183. The normalized spacial score (nSPS) is 20.1. The Morgan fingerprint density at radius 1 is 1.07 bits per heavy atom. The highest BCUT2D eigenvalue weighted by molar-refractivity contribution is 5.95. The van der Waals surface area contributed by atoms with Gasteiger partial charge >= 0.3 is 6.03 Å². The third kappa shape index (κ3) is 6.54. The fraction of sp³-hybridized carbons (Fsp3) is 0.619. The van der Waals surface area contributed by atoms with Crippen LogP contribution >= 0.6 is 0 Å². The number of rotatable bonds is 8. The Morgan fingerprint density at radius 2 is 1.85 bits per heavy atom. The fourth-order valence-electron chi connectivity index (χ4n) is 3.52. The highest BCUT2D eigenvalue weighted by atomic mass is 16.2. The molecule has 1 saturated heterocycles. The first-order valence-electron chi connectivity index (χ1n) is 10.3. The number of carbonyl (C=O) groups is 2. The number of likely N-dealkylation sites (tertiary alicyclic amines) is 1. The van der Waals surface area contributed by atoms with Gasteiger partial charge in [-0.1, -0.05) is 6.42 Å². The van der Waals surface area contributed by atoms with E-state index in [2.05, 4.69) is 27.8 Å². The molecule has 1 atom stereocenters. The maximum absolute atomic E-state index is 12.2. The second kappa shape index (κ2) is 9.74. The van der Waals surface area contributed by atoms with Crippen molar-refractivity contribution in [3.63, 3.8) is 0 Å². The van der Waals surface area contributed by atoms with E-state index in [0.29, 0.717) is 29.9 Å². The standard InChI is InChI=1S/C21H32N4O2/c1-16-6-2-4-14-25(16)15-5-3-13-22-20(26)17-7-9-18(10-8-17)23-21(27)24-19-11-12-19/h7-10,16,19H,2-6,11-15H2,1H3,(H,22,26)(H2,23,24,27). The van der Waals surface area contributed by atoms with Gasteiger partial charge in [-0.15, -0.1) is 0 Å². The maximum atomic E-state index is 12.2. The zero-order chi connectivity index (χ0) is 19.1. The number of carbonyl (C=O) groups excluding carboxylic acids is 2. The molecular weight excluding hydrogens is 340 g/mol. The van der Waals surface area contributed by atoms with Gasteiger partial charge in [-0.3, -0.25) is 4.79 Å². The Balaban J connectivity index is 1.32. The van der Waals surface area contributed by atoms with Gasteiger partial charge in [0.25, 0.3) is 5.91 Å². The summed E-state index contributed by atoms with van der Waals surface area (Å²) >= 11 is 0. The number of piperidine rings is 1. The highest BCUT2D eigenvalue weighted by Crippen LogP contribution is 2.19. The number of amides is 3. The third-order valence-electron chi connectivity index (χ3n) is 5.42. The SMILES string of the molecule is CC1CCCCN1CCCCNC(=O)c1ccc(NC(=O)NC2CC2)cc1. The molecule has 1 saturated carbocycles. The van der Waals surface area contributed by atoms with Crippen LogP contribution in [0.2, 0.25) is 0 Å². The zero-order valence-corrected chi connectivity index (χ0v) is 16.3. The van der Waals surface area contributed by atoms with Crippen LogP contribution in [0.3, 0.4) is 0 Å². The van der Waals surface area contributed by atoms with Gasteiger partial charge in [-0.25, -0.2) is 4.79 Å². The summed E-state index contributed by atoms with van der Waals surface area (Å²) < 4.78 is 0. The lowest BCUT2D eigenvalue weighted by Gasteiger charge is -2.33. The van der Waals surface area contributed by atoms with Crippen LogP contribution in [0.5, 0.6) is 0 Å². The summed E-state index contributed by atoms with van der Waals surface area (Å²) in [6, 6.07) is 7.87. The molecule has 2 aliphatic rings. The van der Waals surface area contributed by atoms with Crippen molar-refractivity contribution in [1.82, 2.24) is 15.5 Å². The molecule has 0 spiro atoms. The van der Waals surface area contributed by atoms with E-state index in [1.807, 2.05) is 0 Å². The van der Waals surface area contributed by atoms with E-state index in [1.165, 1.54) is 25.8 Å². The van der Waals surface area contributed by atoms with Gasteiger partial charge in [0.2, 0.25) is 0 Å². The molecule has 1 aliphatic carbocycles. The smallest absolute Gasteiger partial charge is 0.319 e. The van der Waals surface area contributed by atoms with E-state index in [4.69, 9.17) is 0 Å². The number of benzene rings is 1. The molecule has 1 aromatic carbocycles. The van der Waals surface area contributed by atoms with Gasteiger partial charge in [0, 0.05) is 29.9 Å². The van der Waals surface area contributed by atoms with Crippen molar-refractivity contribution in [3.05, 3.63) is 29.8 Å². The maximum Gasteiger partial charge on any atom is 0.319 e. The topological polar surface area (TPSA) is 73.5 Å². The Morgan fingerprint density at radius 3 is 2.56 bits per heavy atom. The Labute approximate surface area is 162 Å². The molecule has 3 amide bonds. The molecule has 1 heterocycles. The first-order chi connectivity index (χ1) is 13.1. The molecule has 1 aliphatic heterocycles. The van der Waals surface area contributed by atoms with Crippen molar-refractivity contribution >= 4 is 17.6 Å². The van der Waals surface area contributed by atoms with Crippen LogP contribution < -0.4 is 16.0 Å². The molecule has 2 fully saturated rings. The Bertz CT molecular complexity index is 628. The summed E-state index contributed by atoms with van der Waals surface area (Å²) in [5, 5.41) is 8.65. The lowest BCUT2D eigenvalue weighted by Crippen LogP contribution is -2.38. The second-order valence-electron chi connectivity index (χ2n) is 7.79. The van der Waals surface area contributed by atoms with Crippen molar-refractivity contribution in [2.45, 2.75) is 64.0 Å². The van der Waals surface area contributed by atoms with Crippen LogP contribution in [0, 0.1) is 0 Å². The van der Waals surface area contributed by atoms with Crippen LogP contribution in [-0.2, 0) is 0 Å². The van der Waals surface area contributed by atoms with Crippen LogP contribution in [-0.4, -0.2) is 48.6 Å². The second-order valence-corrected chi connectivity index (χ2v) is 7.79. The van der Waals surface area contributed by atoms with Crippen molar-refractivity contribution < 1.29 is 9.59 Å². The molecule has 0 aromatic heterocycles. The first-order valence-corrected chi connectivity index (χ1v) is 10.3. The van der Waals surface area contributed by atoms with E-state index in [-0.39, 0.29) is 11.9 Å². The lowest BCUT2D eigenvalue weighted by molar-refractivity contribution is 0.0951. The van der Waals surface area contributed by atoms with Crippen LogP contribution in [0.25, 0.3) is 0 Å². The summed E-state index contributed by atoms with van der Waals surface area (Å²) in [6.45, 7) is 5.35. The molecule has 3 N–H and O–H groups in total. The van der Waals surface area contributed by atoms with E-state index in [1.54, 1.807) is 24.3 Å². The van der Waals surface area contributed by atoms with Gasteiger partial charge in [-0.2, -0.15) is 0 Å². The third-order valence-corrected chi connectivity index (χ3v) is 5.42. The van der Waals surface area contributed by atoms with Gasteiger partial charge in [0.05, 0.1) is 0 Å². The van der Waals surface area contributed by atoms with E-state index in [9.17, 15) is 9.59 Å².